The molecule has 1 aromatic heterocycles. The fourth-order valence-corrected chi connectivity index (χ4v) is 6.13. The zero-order chi connectivity index (χ0) is 37.8. The number of carbonyl (C=O) groups excluding carboxylic acids is 4. The first-order valence-electron chi connectivity index (χ1n) is 18.5. The number of nitrogens with one attached hydrogen (secondary N) is 4. The third-order valence-corrected chi connectivity index (χ3v) is 9.66. The van der Waals surface area contributed by atoms with E-state index in [1.807, 2.05) is 40.0 Å². The van der Waals surface area contributed by atoms with E-state index in [0.717, 1.165) is 37.1 Å². The summed E-state index contributed by atoms with van der Waals surface area (Å²) in [4.78, 5) is 52.9. The number of aryl methyl sites for hydroxylation is 2. The molecule has 0 fully saturated rings. The van der Waals surface area contributed by atoms with Gasteiger partial charge in [-0.2, -0.15) is 16.9 Å². The van der Waals surface area contributed by atoms with Crippen molar-refractivity contribution < 1.29 is 29.0 Å². The number of amides is 4. The summed E-state index contributed by atoms with van der Waals surface area (Å²) < 4.78 is 7.24. The second-order valence-corrected chi connectivity index (χ2v) is 15.5. The van der Waals surface area contributed by atoms with Gasteiger partial charge in [-0.25, -0.2) is 4.68 Å². The number of hydrogen-bond donors (Lipinski definition) is 5. The largest absolute Gasteiger partial charge is 0.391 e. The Balaban J connectivity index is 3.00. The Bertz CT molecular complexity index is 1160. The summed E-state index contributed by atoms with van der Waals surface area (Å²) in [7, 11) is 0. The van der Waals surface area contributed by atoms with Gasteiger partial charge in [0.1, 0.15) is 25.4 Å². The Morgan fingerprint density at radius 3 is 2.18 bits per heavy atom. The molecular weight excluding hydrogens is 657 g/mol. The van der Waals surface area contributed by atoms with Crippen molar-refractivity contribution in [1.29, 1.82) is 0 Å². The maximum atomic E-state index is 13.7. The summed E-state index contributed by atoms with van der Waals surface area (Å²) >= 11 is 1.57. The minimum Gasteiger partial charge on any atom is -0.391 e. The first kappa shape index (κ1) is 45.4. The standard InChI is InChI=1S/C37H68N6O6S/c1-11-13-14-26(6)18-31(33(44)19-27(7)35(46)41-32(17-24(3)4)36(47)38-21-25(5)12-2)40-37(48)30(15-16-50-10)39-34(45)22-49-23-43-29(9)20-28(8)42-43/h20,24-27,30-33,44H,11-19,21-23H2,1-10H3,(H,38,47)(H,39,45)(H,40,48)(H,41,46)/t25?,26?,27-,30+,31+,32+,33+/m1/s1. The molecule has 13 heteroatoms. The summed E-state index contributed by atoms with van der Waals surface area (Å²) in [5, 5.41) is 27.6. The summed E-state index contributed by atoms with van der Waals surface area (Å²) in [6, 6.07) is -0.205. The van der Waals surface area contributed by atoms with Crippen LogP contribution in [0.2, 0.25) is 0 Å². The van der Waals surface area contributed by atoms with E-state index < -0.39 is 36.1 Å². The predicted molar refractivity (Wildman–Crippen MR) is 201 cm³/mol. The van der Waals surface area contributed by atoms with Gasteiger partial charge in [0, 0.05) is 18.2 Å². The zero-order valence-electron chi connectivity index (χ0n) is 32.5. The zero-order valence-corrected chi connectivity index (χ0v) is 33.3. The molecular formula is C37H68N6O6S. The van der Waals surface area contributed by atoms with E-state index in [2.05, 4.69) is 54.1 Å². The number of aliphatic hydroxyl groups is 1. The van der Waals surface area contributed by atoms with Crippen LogP contribution in [-0.2, 0) is 30.6 Å². The fourth-order valence-electron chi connectivity index (χ4n) is 5.66. The van der Waals surface area contributed by atoms with Gasteiger partial charge in [0.05, 0.1) is 17.8 Å². The Labute approximate surface area is 305 Å². The Kier molecular flexibility index (Phi) is 22.3. The minimum atomic E-state index is -1.02. The maximum absolute atomic E-state index is 13.7. The molecule has 0 radical (unpaired) electrons. The number of nitrogens with zero attached hydrogens (tertiary/aromatic N) is 2. The van der Waals surface area contributed by atoms with Crippen molar-refractivity contribution in [2.45, 2.75) is 145 Å². The average Bonchev–Trinajstić information content (AvgIpc) is 3.38. The first-order valence-corrected chi connectivity index (χ1v) is 19.9. The molecule has 0 aromatic carbocycles. The second kappa shape index (κ2) is 24.5. The van der Waals surface area contributed by atoms with Crippen molar-refractivity contribution >= 4 is 35.4 Å². The van der Waals surface area contributed by atoms with Gasteiger partial charge in [-0.05, 0) is 75.4 Å². The monoisotopic (exact) mass is 724 g/mol. The van der Waals surface area contributed by atoms with Gasteiger partial charge in [0.15, 0.2) is 0 Å². The van der Waals surface area contributed by atoms with Crippen LogP contribution in [0.4, 0.5) is 0 Å². The molecule has 0 saturated carbocycles. The highest BCUT2D eigenvalue weighted by atomic mass is 32.2. The number of aliphatic hydroxyl groups excluding tert-OH is 1. The molecule has 2 unspecified atom stereocenters. The van der Waals surface area contributed by atoms with Crippen molar-refractivity contribution in [3.63, 3.8) is 0 Å². The molecule has 288 valence electrons. The molecule has 0 aliphatic heterocycles. The van der Waals surface area contributed by atoms with Crippen LogP contribution in [0, 0.1) is 37.5 Å². The van der Waals surface area contributed by atoms with E-state index >= 15 is 0 Å². The minimum absolute atomic E-state index is 0.0994. The van der Waals surface area contributed by atoms with Crippen LogP contribution < -0.4 is 21.3 Å². The maximum Gasteiger partial charge on any atom is 0.246 e. The first-order chi connectivity index (χ1) is 23.6. The summed E-state index contributed by atoms with van der Waals surface area (Å²) in [6.45, 7) is 18.3. The van der Waals surface area contributed by atoms with Gasteiger partial charge in [-0.15, -0.1) is 0 Å². The van der Waals surface area contributed by atoms with Crippen LogP contribution in [0.25, 0.3) is 0 Å². The number of rotatable bonds is 26. The smallest absolute Gasteiger partial charge is 0.246 e. The quantitative estimate of drug-likeness (QED) is 0.0934. The van der Waals surface area contributed by atoms with Crippen LogP contribution in [-0.4, -0.2) is 87.9 Å². The molecule has 1 rings (SSSR count). The SMILES string of the molecule is CCCCC(C)C[C@H](NC(=O)[C@H](CCSC)NC(=O)COCn1nc(C)cc1C)[C@@H](O)C[C@@H](C)C(=O)N[C@@H](CC(C)C)C(=O)NCC(C)CC. The van der Waals surface area contributed by atoms with Crippen LogP contribution in [0.5, 0.6) is 0 Å². The molecule has 12 nitrogen and oxygen atoms in total. The molecule has 0 aliphatic carbocycles. The van der Waals surface area contributed by atoms with Gasteiger partial charge in [0.2, 0.25) is 23.6 Å². The highest BCUT2D eigenvalue weighted by Gasteiger charge is 2.31. The van der Waals surface area contributed by atoms with Crippen molar-refractivity contribution in [1.82, 2.24) is 31.0 Å². The van der Waals surface area contributed by atoms with Gasteiger partial charge in [0.25, 0.3) is 0 Å². The van der Waals surface area contributed by atoms with Crippen molar-refractivity contribution in [2.75, 3.05) is 25.2 Å². The molecule has 7 atom stereocenters. The molecule has 4 amide bonds. The second-order valence-electron chi connectivity index (χ2n) is 14.6. The lowest BCUT2D eigenvalue weighted by atomic mass is 9.89. The highest BCUT2D eigenvalue weighted by Crippen LogP contribution is 2.20. The van der Waals surface area contributed by atoms with Gasteiger partial charge < -0.3 is 31.1 Å². The third kappa shape index (κ3) is 18.0. The van der Waals surface area contributed by atoms with E-state index in [4.69, 9.17) is 4.74 Å². The Morgan fingerprint density at radius 1 is 0.900 bits per heavy atom. The highest BCUT2D eigenvalue weighted by molar-refractivity contribution is 7.98. The van der Waals surface area contributed by atoms with E-state index in [-0.39, 0.29) is 49.3 Å². The molecule has 5 N–H and O–H groups in total. The number of unbranched alkanes of at least 4 members (excludes halogenated alkanes) is 1. The van der Waals surface area contributed by atoms with Crippen LogP contribution in [0.1, 0.15) is 111 Å². The fraction of sp³-hybridized carbons (Fsp3) is 0.811. The molecule has 0 spiro atoms. The van der Waals surface area contributed by atoms with Gasteiger partial charge in [-0.1, -0.05) is 74.1 Å². The molecule has 50 heavy (non-hydrogen) atoms. The Hall–Kier alpha value is -2.64. The van der Waals surface area contributed by atoms with E-state index in [1.165, 1.54) is 0 Å². The van der Waals surface area contributed by atoms with Crippen molar-refractivity contribution in [2.24, 2.45) is 23.7 Å². The molecule has 1 aromatic rings. The molecule has 0 aliphatic rings. The van der Waals surface area contributed by atoms with Crippen molar-refractivity contribution in [3.8, 4) is 0 Å². The van der Waals surface area contributed by atoms with Crippen LogP contribution >= 0.6 is 11.8 Å². The predicted octanol–water partition coefficient (Wildman–Crippen LogP) is 4.49. The normalized spacial score (nSPS) is 15.8. The molecule has 0 bridgehead atoms. The van der Waals surface area contributed by atoms with Gasteiger partial charge >= 0.3 is 0 Å². The number of hydrogen-bond acceptors (Lipinski definition) is 8. The lowest BCUT2D eigenvalue weighted by molar-refractivity contribution is -0.133. The Morgan fingerprint density at radius 2 is 1.60 bits per heavy atom. The van der Waals surface area contributed by atoms with Crippen LogP contribution in [0.3, 0.4) is 0 Å². The van der Waals surface area contributed by atoms with E-state index in [0.29, 0.717) is 37.5 Å². The molecule has 1 heterocycles. The lowest BCUT2D eigenvalue weighted by Crippen LogP contribution is -2.54. The van der Waals surface area contributed by atoms with Gasteiger partial charge in [-0.3, -0.25) is 19.2 Å². The topological polar surface area (TPSA) is 164 Å². The lowest BCUT2D eigenvalue weighted by Gasteiger charge is -2.30. The number of ether oxygens (including phenoxy) is 1. The average molecular weight is 725 g/mol. The van der Waals surface area contributed by atoms with E-state index in [1.54, 1.807) is 23.4 Å². The summed E-state index contributed by atoms with van der Waals surface area (Å²) in [6.07, 6.45) is 6.37. The molecule has 0 saturated heterocycles. The number of thioether (sulfide) groups is 1. The van der Waals surface area contributed by atoms with Crippen molar-refractivity contribution in [3.05, 3.63) is 17.5 Å². The number of carbonyl (C=O) groups is 4. The summed E-state index contributed by atoms with van der Waals surface area (Å²) in [5.41, 5.74) is 1.78. The van der Waals surface area contributed by atoms with Crippen LogP contribution in [0.15, 0.2) is 6.07 Å². The van der Waals surface area contributed by atoms with E-state index in [9.17, 15) is 24.3 Å². The number of aromatic nitrogens is 2. The summed E-state index contributed by atoms with van der Waals surface area (Å²) in [5.74, 6) is -0.558. The third-order valence-electron chi connectivity index (χ3n) is 9.02.